The SMILES string of the molecule is O=[C]CCC(Cc1ccccc1)Cc1ccccc1. The van der Waals surface area contributed by atoms with Crippen LogP contribution in [-0.2, 0) is 17.6 Å². The van der Waals surface area contributed by atoms with E-state index in [9.17, 15) is 4.79 Å². The van der Waals surface area contributed by atoms with E-state index >= 15 is 0 Å². The first-order valence-electron chi connectivity index (χ1n) is 6.81. The van der Waals surface area contributed by atoms with E-state index < -0.39 is 0 Å². The molecular weight excluding hydrogens is 232 g/mol. The average Bonchev–Trinajstić information content (AvgIpc) is 2.47. The van der Waals surface area contributed by atoms with Crippen molar-refractivity contribution < 1.29 is 4.79 Å². The Kier molecular flexibility index (Phi) is 5.36. The molecule has 0 atom stereocenters. The Bertz CT molecular complexity index is 434. The monoisotopic (exact) mass is 251 g/mol. The van der Waals surface area contributed by atoms with Gasteiger partial charge in [-0.05, 0) is 36.3 Å². The minimum atomic E-state index is 0.506. The predicted octanol–water partition coefficient (Wildman–Crippen LogP) is 3.98. The largest absolute Gasteiger partial charge is 0.291 e. The Hall–Kier alpha value is -1.89. The van der Waals surface area contributed by atoms with E-state index in [0.29, 0.717) is 12.3 Å². The highest BCUT2D eigenvalue weighted by Gasteiger charge is 2.10. The molecule has 97 valence electrons. The van der Waals surface area contributed by atoms with E-state index in [0.717, 1.165) is 19.3 Å². The fraction of sp³-hybridized carbons (Fsp3) is 0.278. The summed E-state index contributed by atoms with van der Waals surface area (Å²) in [6.07, 6.45) is 5.51. The molecule has 1 nitrogen and oxygen atoms in total. The lowest BCUT2D eigenvalue weighted by Gasteiger charge is -2.16. The third-order valence-electron chi connectivity index (χ3n) is 3.39. The van der Waals surface area contributed by atoms with Crippen molar-refractivity contribution >= 4 is 6.29 Å². The molecule has 1 heteroatoms. The molecular formula is C18H19O. The van der Waals surface area contributed by atoms with Crippen molar-refractivity contribution in [2.75, 3.05) is 0 Å². The molecule has 19 heavy (non-hydrogen) atoms. The summed E-state index contributed by atoms with van der Waals surface area (Å²) in [4.78, 5) is 10.5. The van der Waals surface area contributed by atoms with Gasteiger partial charge in [0.25, 0.3) is 0 Å². The molecule has 0 saturated heterocycles. The van der Waals surface area contributed by atoms with Crippen LogP contribution in [0.15, 0.2) is 60.7 Å². The maximum absolute atomic E-state index is 10.5. The number of rotatable bonds is 7. The zero-order valence-corrected chi connectivity index (χ0v) is 11.1. The van der Waals surface area contributed by atoms with Crippen molar-refractivity contribution in [3.8, 4) is 0 Å². The van der Waals surface area contributed by atoms with E-state index in [1.165, 1.54) is 11.1 Å². The molecule has 2 rings (SSSR count). The maximum atomic E-state index is 10.5. The summed E-state index contributed by atoms with van der Waals surface area (Å²) in [7, 11) is 0. The Labute approximate surface area is 115 Å². The summed E-state index contributed by atoms with van der Waals surface area (Å²) >= 11 is 0. The topological polar surface area (TPSA) is 17.1 Å². The number of benzene rings is 2. The summed E-state index contributed by atoms with van der Waals surface area (Å²) in [5.74, 6) is 0.506. The quantitative estimate of drug-likeness (QED) is 0.727. The van der Waals surface area contributed by atoms with Crippen LogP contribution < -0.4 is 0 Å². The fourth-order valence-electron chi connectivity index (χ4n) is 2.43. The predicted molar refractivity (Wildman–Crippen MR) is 78.7 cm³/mol. The molecule has 0 N–H and O–H groups in total. The second kappa shape index (κ2) is 7.52. The fourth-order valence-corrected chi connectivity index (χ4v) is 2.43. The van der Waals surface area contributed by atoms with Crippen LogP contribution in [0.2, 0.25) is 0 Å². The van der Waals surface area contributed by atoms with E-state index in [4.69, 9.17) is 0 Å². The van der Waals surface area contributed by atoms with Crippen LogP contribution in [0.3, 0.4) is 0 Å². The van der Waals surface area contributed by atoms with Gasteiger partial charge in [-0.2, -0.15) is 0 Å². The van der Waals surface area contributed by atoms with Gasteiger partial charge in [0, 0.05) is 6.42 Å². The Morgan fingerprint density at radius 3 is 1.68 bits per heavy atom. The van der Waals surface area contributed by atoms with Crippen molar-refractivity contribution in [3.05, 3.63) is 71.8 Å². The van der Waals surface area contributed by atoms with Crippen LogP contribution in [0, 0.1) is 5.92 Å². The maximum Gasteiger partial charge on any atom is 0.198 e. The molecule has 0 bridgehead atoms. The molecule has 0 spiro atoms. The van der Waals surface area contributed by atoms with Gasteiger partial charge in [-0.3, -0.25) is 4.79 Å². The molecule has 0 aromatic heterocycles. The summed E-state index contributed by atoms with van der Waals surface area (Å²) in [5.41, 5.74) is 2.68. The minimum Gasteiger partial charge on any atom is -0.291 e. The van der Waals surface area contributed by atoms with Crippen molar-refractivity contribution in [2.24, 2.45) is 5.92 Å². The van der Waals surface area contributed by atoms with Gasteiger partial charge in [-0.1, -0.05) is 60.7 Å². The highest BCUT2D eigenvalue weighted by Crippen LogP contribution is 2.19. The molecule has 0 aliphatic rings. The molecule has 2 aromatic rings. The van der Waals surface area contributed by atoms with Gasteiger partial charge in [0.05, 0.1) is 0 Å². The first-order chi connectivity index (χ1) is 9.38. The Morgan fingerprint density at radius 2 is 1.26 bits per heavy atom. The van der Waals surface area contributed by atoms with Crippen LogP contribution in [0.25, 0.3) is 0 Å². The van der Waals surface area contributed by atoms with Gasteiger partial charge in [0.2, 0.25) is 0 Å². The molecule has 0 fully saturated rings. The number of hydrogen-bond donors (Lipinski definition) is 0. The van der Waals surface area contributed by atoms with Crippen molar-refractivity contribution in [3.63, 3.8) is 0 Å². The van der Waals surface area contributed by atoms with E-state index in [2.05, 4.69) is 48.5 Å². The van der Waals surface area contributed by atoms with Gasteiger partial charge in [0.1, 0.15) is 0 Å². The molecule has 0 unspecified atom stereocenters. The third-order valence-corrected chi connectivity index (χ3v) is 3.39. The first-order valence-corrected chi connectivity index (χ1v) is 6.81. The smallest absolute Gasteiger partial charge is 0.198 e. The molecule has 2 aromatic carbocycles. The van der Waals surface area contributed by atoms with Crippen LogP contribution >= 0.6 is 0 Å². The number of carbonyl (C=O) groups excluding carboxylic acids is 1. The standard InChI is InChI=1S/C18H19O/c19-13-7-12-18(14-16-8-3-1-4-9-16)15-17-10-5-2-6-11-17/h1-6,8-11,18H,7,12,14-15H2. The number of hydrogen-bond acceptors (Lipinski definition) is 1. The van der Waals surface area contributed by atoms with Gasteiger partial charge in [-0.15, -0.1) is 0 Å². The van der Waals surface area contributed by atoms with Gasteiger partial charge in [-0.25, -0.2) is 0 Å². The lowest BCUT2D eigenvalue weighted by Crippen LogP contribution is -2.09. The summed E-state index contributed by atoms with van der Waals surface area (Å²) < 4.78 is 0. The van der Waals surface area contributed by atoms with E-state index in [1.54, 1.807) is 0 Å². The minimum absolute atomic E-state index is 0.506. The van der Waals surface area contributed by atoms with Crippen LogP contribution in [0.1, 0.15) is 24.0 Å². The highest BCUT2D eigenvalue weighted by molar-refractivity contribution is 5.50. The van der Waals surface area contributed by atoms with E-state index in [1.807, 2.05) is 18.4 Å². The average molecular weight is 251 g/mol. The molecule has 0 aliphatic carbocycles. The summed E-state index contributed by atoms with van der Waals surface area (Å²) in [6, 6.07) is 21.0. The van der Waals surface area contributed by atoms with Crippen LogP contribution in [0.4, 0.5) is 0 Å². The van der Waals surface area contributed by atoms with E-state index in [-0.39, 0.29) is 0 Å². The molecule has 1 radical (unpaired) electrons. The zero-order chi connectivity index (χ0) is 13.3. The van der Waals surface area contributed by atoms with Gasteiger partial charge in [0.15, 0.2) is 6.29 Å². The Morgan fingerprint density at radius 1 is 0.789 bits per heavy atom. The molecule has 0 saturated carbocycles. The van der Waals surface area contributed by atoms with Gasteiger partial charge < -0.3 is 0 Å². The second-order valence-electron chi connectivity index (χ2n) is 4.93. The Balaban J connectivity index is 2.01. The lowest BCUT2D eigenvalue weighted by atomic mass is 9.89. The summed E-state index contributed by atoms with van der Waals surface area (Å²) in [6.45, 7) is 0. The van der Waals surface area contributed by atoms with Crippen molar-refractivity contribution in [1.82, 2.24) is 0 Å². The van der Waals surface area contributed by atoms with Gasteiger partial charge >= 0.3 is 0 Å². The van der Waals surface area contributed by atoms with Crippen molar-refractivity contribution in [1.29, 1.82) is 0 Å². The first kappa shape index (κ1) is 13.5. The third kappa shape index (κ3) is 4.70. The van der Waals surface area contributed by atoms with Crippen LogP contribution in [-0.4, -0.2) is 6.29 Å². The van der Waals surface area contributed by atoms with Crippen molar-refractivity contribution in [2.45, 2.75) is 25.7 Å². The highest BCUT2D eigenvalue weighted by atomic mass is 16.1. The molecule has 0 aliphatic heterocycles. The molecule has 0 amide bonds. The summed E-state index contributed by atoms with van der Waals surface area (Å²) in [5, 5.41) is 0. The normalized spacial score (nSPS) is 10.6. The lowest BCUT2D eigenvalue weighted by molar-refractivity contribution is 0.476. The second-order valence-corrected chi connectivity index (χ2v) is 4.93. The zero-order valence-electron chi connectivity index (χ0n) is 11.1. The van der Waals surface area contributed by atoms with Crippen LogP contribution in [0.5, 0.6) is 0 Å². The molecule has 0 heterocycles.